The molecule has 0 spiro atoms. The number of aromatic nitrogens is 4. The molecule has 2 aromatic heterocycles. The maximum absolute atomic E-state index is 13.0. The fourth-order valence-electron chi connectivity index (χ4n) is 3.91. The van der Waals surface area contributed by atoms with Gasteiger partial charge in [-0.2, -0.15) is 10.2 Å². The van der Waals surface area contributed by atoms with E-state index in [1.165, 1.54) is 12.1 Å². The van der Waals surface area contributed by atoms with Gasteiger partial charge in [0.1, 0.15) is 0 Å². The van der Waals surface area contributed by atoms with Crippen LogP contribution in [-0.2, 0) is 19.4 Å². The van der Waals surface area contributed by atoms with Crippen molar-refractivity contribution < 1.29 is 4.79 Å². The summed E-state index contributed by atoms with van der Waals surface area (Å²) < 4.78 is 1.95. The molecule has 4 rings (SSSR count). The highest BCUT2D eigenvalue weighted by atomic mass is 16.2. The number of H-pyrrole nitrogens is 1. The molecule has 122 valence electrons. The fraction of sp³-hybridized carbons (Fsp3) is 0.588. The van der Waals surface area contributed by atoms with Crippen LogP contribution in [0.4, 0.5) is 0 Å². The topological polar surface area (TPSA) is 66.8 Å². The fourth-order valence-corrected chi connectivity index (χ4v) is 3.91. The van der Waals surface area contributed by atoms with Gasteiger partial charge in [-0.05, 0) is 51.0 Å². The minimum atomic E-state index is 0.120. The number of hydrogen-bond donors (Lipinski definition) is 1. The monoisotopic (exact) mass is 313 g/mol. The zero-order valence-electron chi connectivity index (χ0n) is 13.4. The summed E-state index contributed by atoms with van der Waals surface area (Å²) in [5, 5.41) is 11.7. The van der Waals surface area contributed by atoms with E-state index in [4.69, 9.17) is 0 Å². The number of aryl methyl sites for hydroxylation is 2. The third-order valence-electron chi connectivity index (χ3n) is 5.15. The van der Waals surface area contributed by atoms with Crippen LogP contribution in [0.25, 0.3) is 0 Å². The molecule has 23 heavy (non-hydrogen) atoms. The lowest BCUT2D eigenvalue weighted by molar-refractivity contribution is 0.0586. The number of fused-ring (bicyclic) bond motifs is 1. The van der Waals surface area contributed by atoms with Gasteiger partial charge in [-0.25, -0.2) is 0 Å². The number of amides is 1. The summed E-state index contributed by atoms with van der Waals surface area (Å²) in [4.78, 5) is 15.1. The molecule has 2 aliphatic rings. The predicted octanol–water partition coefficient (Wildman–Crippen LogP) is 2.18. The average Bonchev–Trinajstić information content (AvgIpc) is 3.30. The van der Waals surface area contributed by atoms with Gasteiger partial charge in [-0.3, -0.25) is 14.6 Å². The molecule has 1 atom stereocenters. The first-order valence-electron chi connectivity index (χ1n) is 8.67. The Labute approximate surface area is 135 Å². The van der Waals surface area contributed by atoms with Crippen LogP contribution in [0, 0.1) is 0 Å². The van der Waals surface area contributed by atoms with Gasteiger partial charge in [0.2, 0.25) is 0 Å². The van der Waals surface area contributed by atoms with Gasteiger partial charge in [0, 0.05) is 42.8 Å². The molecule has 0 aromatic carbocycles. The molecule has 0 radical (unpaired) electrons. The lowest BCUT2D eigenvalue weighted by Gasteiger charge is -2.35. The van der Waals surface area contributed by atoms with Crippen LogP contribution in [0.5, 0.6) is 0 Å². The highest BCUT2D eigenvalue weighted by molar-refractivity contribution is 5.94. The molecule has 6 nitrogen and oxygen atoms in total. The van der Waals surface area contributed by atoms with Crippen LogP contribution in [0.2, 0.25) is 0 Å². The molecule has 0 saturated carbocycles. The van der Waals surface area contributed by atoms with Gasteiger partial charge in [-0.15, -0.1) is 0 Å². The highest BCUT2D eigenvalue weighted by Gasteiger charge is 2.31. The zero-order valence-corrected chi connectivity index (χ0v) is 13.4. The number of nitrogens with zero attached hydrogens (tertiary/aromatic N) is 4. The summed E-state index contributed by atoms with van der Waals surface area (Å²) in [7, 11) is 0. The Hall–Kier alpha value is -2.11. The first kappa shape index (κ1) is 14.5. The number of likely N-dealkylation sites (tertiary alicyclic amines) is 1. The van der Waals surface area contributed by atoms with Gasteiger partial charge < -0.3 is 4.90 Å². The van der Waals surface area contributed by atoms with E-state index in [0.29, 0.717) is 11.7 Å². The van der Waals surface area contributed by atoms with Crippen LogP contribution in [0.15, 0.2) is 18.5 Å². The normalized spacial score (nSPS) is 20.7. The second-order valence-electron chi connectivity index (χ2n) is 6.59. The number of piperidine rings is 1. The van der Waals surface area contributed by atoms with Crippen molar-refractivity contribution in [2.45, 2.75) is 57.5 Å². The Morgan fingerprint density at radius 1 is 1.30 bits per heavy atom. The standard InChI is InChI=1S/C17H23N5O/c23-17(16-14-6-3-7-15(14)19-20-16)22-11-2-1-5-13(22)8-12-21-10-4-9-18-21/h4,9-10,13H,1-3,5-8,11-12H2,(H,19,20). The molecule has 1 aliphatic carbocycles. The summed E-state index contributed by atoms with van der Waals surface area (Å²) in [5.74, 6) is 0.120. The van der Waals surface area contributed by atoms with Crippen molar-refractivity contribution in [1.29, 1.82) is 0 Å². The van der Waals surface area contributed by atoms with Gasteiger partial charge in [0.25, 0.3) is 5.91 Å². The van der Waals surface area contributed by atoms with Crippen molar-refractivity contribution in [3.05, 3.63) is 35.4 Å². The first-order chi connectivity index (χ1) is 11.3. The van der Waals surface area contributed by atoms with E-state index >= 15 is 0 Å². The minimum absolute atomic E-state index is 0.120. The summed E-state index contributed by atoms with van der Waals surface area (Å²) in [6, 6.07) is 2.24. The summed E-state index contributed by atoms with van der Waals surface area (Å²) >= 11 is 0. The largest absolute Gasteiger partial charge is 0.334 e. The minimum Gasteiger partial charge on any atom is -0.334 e. The third-order valence-corrected chi connectivity index (χ3v) is 5.15. The van der Waals surface area contributed by atoms with Crippen molar-refractivity contribution in [3.8, 4) is 0 Å². The van der Waals surface area contributed by atoms with Crippen molar-refractivity contribution in [3.63, 3.8) is 0 Å². The van der Waals surface area contributed by atoms with E-state index < -0.39 is 0 Å². The number of carbonyl (C=O) groups excluding carboxylic acids is 1. The quantitative estimate of drug-likeness (QED) is 0.941. The van der Waals surface area contributed by atoms with Crippen LogP contribution in [0.1, 0.15) is 53.8 Å². The highest BCUT2D eigenvalue weighted by Crippen LogP contribution is 2.27. The van der Waals surface area contributed by atoms with Crippen molar-refractivity contribution >= 4 is 5.91 Å². The molecule has 1 fully saturated rings. The molecule has 1 amide bonds. The molecular weight excluding hydrogens is 290 g/mol. The Balaban J connectivity index is 1.49. The van der Waals surface area contributed by atoms with Crippen LogP contribution < -0.4 is 0 Å². The molecule has 1 aliphatic heterocycles. The Morgan fingerprint density at radius 2 is 2.26 bits per heavy atom. The van der Waals surface area contributed by atoms with Crippen molar-refractivity contribution in [1.82, 2.24) is 24.9 Å². The van der Waals surface area contributed by atoms with E-state index in [2.05, 4.69) is 20.2 Å². The van der Waals surface area contributed by atoms with E-state index in [1.54, 1.807) is 6.20 Å². The predicted molar refractivity (Wildman–Crippen MR) is 86.1 cm³/mol. The number of carbonyl (C=O) groups is 1. The maximum atomic E-state index is 13.0. The molecule has 2 aromatic rings. The molecule has 1 saturated heterocycles. The van der Waals surface area contributed by atoms with E-state index in [9.17, 15) is 4.79 Å². The summed E-state index contributed by atoms with van der Waals surface area (Å²) in [5.41, 5.74) is 2.99. The Morgan fingerprint density at radius 3 is 3.13 bits per heavy atom. The summed E-state index contributed by atoms with van der Waals surface area (Å²) in [6.07, 6.45) is 11.3. The SMILES string of the molecule is O=C(c1n[nH]c2c1CCC2)N1CCCCC1CCn1cccn1. The molecule has 6 heteroatoms. The molecule has 0 bridgehead atoms. The number of rotatable bonds is 4. The van der Waals surface area contributed by atoms with E-state index in [0.717, 1.165) is 57.2 Å². The maximum Gasteiger partial charge on any atom is 0.274 e. The first-order valence-corrected chi connectivity index (χ1v) is 8.67. The molecule has 1 N–H and O–H groups in total. The summed E-state index contributed by atoms with van der Waals surface area (Å²) in [6.45, 7) is 1.71. The Bertz CT molecular complexity index is 675. The van der Waals surface area contributed by atoms with Gasteiger partial charge in [-0.1, -0.05) is 0 Å². The average molecular weight is 313 g/mol. The van der Waals surface area contributed by atoms with Crippen LogP contribution in [0.3, 0.4) is 0 Å². The van der Waals surface area contributed by atoms with Gasteiger partial charge in [0.05, 0.1) is 0 Å². The third kappa shape index (κ3) is 2.78. The van der Waals surface area contributed by atoms with Crippen LogP contribution >= 0.6 is 0 Å². The number of nitrogens with one attached hydrogen (secondary N) is 1. The van der Waals surface area contributed by atoms with Crippen molar-refractivity contribution in [2.75, 3.05) is 6.54 Å². The number of aromatic amines is 1. The van der Waals surface area contributed by atoms with Crippen molar-refractivity contribution in [2.24, 2.45) is 0 Å². The second kappa shape index (κ2) is 6.18. The molecule has 3 heterocycles. The van der Waals surface area contributed by atoms with Crippen LogP contribution in [-0.4, -0.2) is 43.4 Å². The zero-order chi connectivity index (χ0) is 15.6. The van der Waals surface area contributed by atoms with Gasteiger partial charge in [0.15, 0.2) is 5.69 Å². The number of hydrogen-bond acceptors (Lipinski definition) is 3. The lowest BCUT2D eigenvalue weighted by atomic mass is 9.98. The van der Waals surface area contributed by atoms with Gasteiger partial charge >= 0.3 is 0 Å². The van der Waals surface area contributed by atoms with E-state index in [1.807, 2.05) is 16.9 Å². The molecule has 1 unspecified atom stereocenters. The van der Waals surface area contributed by atoms with E-state index in [-0.39, 0.29) is 5.91 Å². The molecular formula is C17H23N5O. The Kier molecular flexibility index (Phi) is 3.89. The smallest absolute Gasteiger partial charge is 0.274 e. The lowest BCUT2D eigenvalue weighted by Crippen LogP contribution is -2.44. The second-order valence-corrected chi connectivity index (χ2v) is 6.59.